The minimum Gasteiger partial charge on any atom is -0.481 e. The number of thiophene rings is 1. The van der Waals surface area contributed by atoms with Crippen LogP contribution in [-0.4, -0.2) is 23.5 Å². The average Bonchev–Trinajstić information content (AvgIpc) is 2.78. The van der Waals surface area contributed by atoms with Gasteiger partial charge in [-0.2, -0.15) is 0 Å². The Kier molecular flexibility index (Phi) is 7.07. The van der Waals surface area contributed by atoms with Gasteiger partial charge in [0.25, 0.3) is 0 Å². The van der Waals surface area contributed by atoms with E-state index >= 15 is 0 Å². The van der Waals surface area contributed by atoms with Gasteiger partial charge in [0, 0.05) is 22.7 Å². The molecule has 1 heterocycles. The maximum absolute atomic E-state index is 11.9. The minimum absolute atomic E-state index is 0.0582. The summed E-state index contributed by atoms with van der Waals surface area (Å²) in [5, 5.41) is 12.1. The molecule has 1 aromatic heterocycles. The first-order valence-corrected chi connectivity index (χ1v) is 8.72. The molecular weight excluding hydrogens is 298 g/mol. The number of carbonyl (C=O) groups excluding carboxylic acids is 1. The lowest BCUT2D eigenvalue weighted by atomic mass is 9.82. The van der Waals surface area contributed by atoms with E-state index in [0.717, 1.165) is 12.8 Å². The summed E-state index contributed by atoms with van der Waals surface area (Å²) in [5.41, 5.74) is 0.480. The van der Waals surface area contributed by atoms with E-state index in [2.05, 4.69) is 25.2 Å². The Hall–Kier alpha value is -1.36. The van der Waals surface area contributed by atoms with E-state index < -0.39 is 11.4 Å². The molecule has 22 heavy (non-hydrogen) atoms. The van der Waals surface area contributed by atoms with Crippen LogP contribution < -0.4 is 5.32 Å². The zero-order valence-electron chi connectivity index (χ0n) is 14.0. The van der Waals surface area contributed by atoms with Gasteiger partial charge < -0.3 is 10.4 Å². The molecular formula is C17H27NO3S. The molecule has 0 aromatic carbocycles. The largest absolute Gasteiger partial charge is 0.481 e. The first-order valence-electron chi connectivity index (χ1n) is 7.90. The molecule has 1 aromatic rings. The third-order valence-electron chi connectivity index (χ3n) is 4.42. The number of amides is 1. The molecule has 0 fully saturated rings. The van der Waals surface area contributed by atoms with Crippen molar-refractivity contribution >= 4 is 23.2 Å². The number of hydrogen-bond donors (Lipinski definition) is 2. The monoisotopic (exact) mass is 325 g/mol. The highest BCUT2D eigenvalue weighted by Crippen LogP contribution is 2.26. The number of carbonyl (C=O) groups is 2. The lowest BCUT2D eigenvalue weighted by Crippen LogP contribution is -2.42. The third kappa shape index (κ3) is 4.83. The van der Waals surface area contributed by atoms with Crippen LogP contribution in [0.3, 0.4) is 0 Å². The molecule has 0 aliphatic heterocycles. The van der Waals surface area contributed by atoms with Gasteiger partial charge in [0.2, 0.25) is 5.91 Å². The number of nitrogens with one attached hydrogen (secondary N) is 1. The second kappa shape index (κ2) is 8.32. The van der Waals surface area contributed by atoms with E-state index in [9.17, 15) is 14.7 Å². The van der Waals surface area contributed by atoms with Gasteiger partial charge >= 0.3 is 5.97 Å². The Morgan fingerprint density at radius 3 is 2.36 bits per heavy atom. The van der Waals surface area contributed by atoms with Crippen molar-refractivity contribution < 1.29 is 14.7 Å². The second-order valence-electron chi connectivity index (χ2n) is 5.86. The van der Waals surface area contributed by atoms with Crippen molar-refractivity contribution in [1.82, 2.24) is 5.32 Å². The van der Waals surface area contributed by atoms with E-state index in [1.807, 2.05) is 13.8 Å². The highest BCUT2D eigenvalue weighted by atomic mass is 32.1. The van der Waals surface area contributed by atoms with Crippen molar-refractivity contribution in [3.05, 3.63) is 21.4 Å². The van der Waals surface area contributed by atoms with Crippen LogP contribution in [0.4, 0.5) is 0 Å². The van der Waals surface area contributed by atoms with Crippen LogP contribution in [-0.2, 0) is 16.0 Å². The summed E-state index contributed by atoms with van der Waals surface area (Å²) in [6.45, 7) is 8.12. The summed E-state index contributed by atoms with van der Waals surface area (Å²) in [6, 6.07) is 2.18. The average molecular weight is 325 g/mol. The standard InChI is InChI=1S/C17H27NO3S/c1-5-17(6-2,16(20)21)11-18-15(19)9-7-8-14-10-12(3)22-13(14)4/h10H,5-9,11H2,1-4H3,(H,18,19)(H,20,21). The summed E-state index contributed by atoms with van der Waals surface area (Å²) in [7, 11) is 0. The Morgan fingerprint density at radius 1 is 1.27 bits per heavy atom. The predicted octanol–water partition coefficient (Wildman–Crippen LogP) is 3.69. The van der Waals surface area contributed by atoms with Gasteiger partial charge in [-0.15, -0.1) is 11.3 Å². The van der Waals surface area contributed by atoms with Crippen molar-refractivity contribution in [1.29, 1.82) is 0 Å². The molecule has 0 bridgehead atoms. The van der Waals surface area contributed by atoms with Crippen molar-refractivity contribution in [2.45, 2.75) is 59.8 Å². The summed E-state index contributed by atoms with van der Waals surface area (Å²) >= 11 is 1.79. The maximum Gasteiger partial charge on any atom is 0.311 e. The Bertz CT molecular complexity index is 518. The highest BCUT2D eigenvalue weighted by molar-refractivity contribution is 7.12. The summed E-state index contributed by atoms with van der Waals surface area (Å²) in [4.78, 5) is 25.9. The number of carboxylic acid groups (broad SMARTS) is 1. The molecule has 4 nitrogen and oxygen atoms in total. The van der Waals surface area contributed by atoms with Crippen LogP contribution in [0.25, 0.3) is 0 Å². The topological polar surface area (TPSA) is 66.4 Å². The summed E-state index contributed by atoms with van der Waals surface area (Å²) in [5.74, 6) is -0.890. The van der Waals surface area contributed by atoms with E-state index in [4.69, 9.17) is 0 Å². The molecule has 0 saturated heterocycles. The normalized spacial score (nSPS) is 11.5. The first-order chi connectivity index (χ1) is 10.3. The number of hydrogen-bond acceptors (Lipinski definition) is 3. The second-order valence-corrected chi connectivity index (χ2v) is 7.32. The Morgan fingerprint density at radius 2 is 1.91 bits per heavy atom. The fourth-order valence-electron chi connectivity index (χ4n) is 2.61. The third-order valence-corrected chi connectivity index (χ3v) is 5.43. The van der Waals surface area contributed by atoms with E-state index in [1.54, 1.807) is 11.3 Å². The van der Waals surface area contributed by atoms with Gasteiger partial charge in [-0.3, -0.25) is 9.59 Å². The smallest absolute Gasteiger partial charge is 0.311 e. The minimum atomic E-state index is -0.837. The van der Waals surface area contributed by atoms with Crippen LogP contribution >= 0.6 is 11.3 Å². The van der Waals surface area contributed by atoms with Gasteiger partial charge in [-0.25, -0.2) is 0 Å². The maximum atomic E-state index is 11.9. The van der Waals surface area contributed by atoms with Crippen molar-refractivity contribution in [3.8, 4) is 0 Å². The molecule has 1 rings (SSSR count). The molecule has 0 aliphatic rings. The quantitative estimate of drug-likeness (QED) is 0.727. The van der Waals surface area contributed by atoms with Crippen molar-refractivity contribution in [3.63, 3.8) is 0 Å². The molecule has 2 N–H and O–H groups in total. The zero-order valence-corrected chi connectivity index (χ0v) is 14.8. The Labute approximate surface area is 136 Å². The van der Waals surface area contributed by atoms with Gasteiger partial charge in [0.15, 0.2) is 0 Å². The SMILES string of the molecule is CCC(CC)(CNC(=O)CCCc1cc(C)sc1C)C(=O)O. The lowest BCUT2D eigenvalue weighted by Gasteiger charge is -2.26. The van der Waals surface area contributed by atoms with Gasteiger partial charge in [0.05, 0.1) is 5.41 Å². The summed E-state index contributed by atoms with van der Waals surface area (Å²) < 4.78 is 0. The van der Waals surface area contributed by atoms with E-state index in [1.165, 1.54) is 15.3 Å². The van der Waals surface area contributed by atoms with Gasteiger partial charge in [-0.1, -0.05) is 13.8 Å². The predicted molar refractivity (Wildman–Crippen MR) is 90.4 cm³/mol. The number of aliphatic carboxylic acids is 1. The van der Waals surface area contributed by atoms with Crippen molar-refractivity contribution in [2.24, 2.45) is 5.41 Å². The van der Waals surface area contributed by atoms with Gasteiger partial charge in [-0.05, 0) is 51.2 Å². The molecule has 124 valence electrons. The summed E-state index contributed by atoms with van der Waals surface area (Å²) in [6.07, 6.45) is 3.17. The molecule has 0 spiro atoms. The highest BCUT2D eigenvalue weighted by Gasteiger charge is 2.34. The number of carboxylic acids is 1. The van der Waals surface area contributed by atoms with Crippen LogP contribution in [0.15, 0.2) is 6.07 Å². The van der Waals surface area contributed by atoms with E-state index in [0.29, 0.717) is 19.3 Å². The molecule has 5 heteroatoms. The molecule has 0 unspecified atom stereocenters. The fourth-order valence-corrected chi connectivity index (χ4v) is 3.58. The first kappa shape index (κ1) is 18.7. The zero-order chi connectivity index (χ0) is 16.8. The molecule has 0 aliphatic carbocycles. The van der Waals surface area contributed by atoms with Crippen LogP contribution in [0, 0.1) is 19.3 Å². The van der Waals surface area contributed by atoms with Crippen LogP contribution in [0.5, 0.6) is 0 Å². The van der Waals surface area contributed by atoms with Crippen molar-refractivity contribution in [2.75, 3.05) is 6.54 Å². The molecule has 0 saturated carbocycles. The molecule has 1 amide bonds. The number of rotatable bonds is 9. The molecule has 0 radical (unpaired) electrons. The van der Waals surface area contributed by atoms with Crippen LogP contribution in [0.1, 0.15) is 54.8 Å². The Balaban J connectivity index is 2.40. The van der Waals surface area contributed by atoms with E-state index in [-0.39, 0.29) is 12.5 Å². The fraction of sp³-hybridized carbons (Fsp3) is 0.647. The molecule has 0 atom stereocenters. The number of aryl methyl sites for hydroxylation is 3. The lowest BCUT2D eigenvalue weighted by molar-refractivity contribution is -0.149. The van der Waals surface area contributed by atoms with Gasteiger partial charge in [0.1, 0.15) is 0 Å². The van der Waals surface area contributed by atoms with Crippen LogP contribution in [0.2, 0.25) is 0 Å².